The summed E-state index contributed by atoms with van der Waals surface area (Å²) in [6, 6.07) is 7.30. The highest BCUT2D eigenvalue weighted by Gasteiger charge is 2.13. The number of rotatable bonds is 5. The summed E-state index contributed by atoms with van der Waals surface area (Å²) in [5.41, 5.74) is 0. The van der Waals surface area contributed by atoms with E-state index in [4.69, 9.17) is 0 Å². The maximum atomic E-state index is 11.7. The van der Waals surface area contributed by atoms with E-state index in [9.17, 15) is 9.59 Å². The molecule has 3 heterocycles. The summed E-state index contributed by atoms with van der Waals surface area (Å²) in [5, 5.41) is 13.4. The van der Waals surface area contributed by atoms with Gasteiger partial charge in [0.05, 0.1) is 15.5 Å². The van der Waals surface area contributed by atoms with Gasteiger partial charge in [-0.3, -0.25) is 20.0 Å². The van der Waals surface area contributed by atoms with Crippen molar-refractivity contribution < 1.29 is 9.59 Å². The van der Waals surface area contributed by atoms with Gasteiger partial charge in [-0.25, -0.2) is 4.98 Å². The van der Waals surface area contributed by atoms with Crippen molar-refractivity contribution in [2.24, 2.45) is 0 Å². The molecule has 6 nitrogen and oxygen atoms in total. The number of nitrogens with one attached hydrogen (secondary N) is 2. The third kappa shape index (κ3) is 3.62. The molecular weight excluding hydrogens is 340 g/mol. The monoisotopic (exact) mass is 350 g/mol. The molecular formula is C13H10N4O2S3. The molecule has 0 aliphatic rings. The summed E-state index contributed by atoms with van der Waals surface area (Å²) >= 11 is 4.02. The molecule has 0 radical (unpaired) electrons. The van der Waals surface area contributed by atoms with Gasteiger partial charge in [-0.15, -0.1) is 27.8 Å². The topological polar surface area (TPSA) is 87.7 Å². The van der Waals surface area contributed by atoms with Crippen molar-refractivity contribution >= 4 is 46.2 Å². The van der Waals surface area contributed by atoms with Crippen molar-refractivity contribution in [1.29, 1.82) is 0 Å². The Labute approximate surface area is 138 Å². The average molecular weight is 350 g/mol. The lowest BCUT2D eigenvalue weighted by Crippen LogP contribution is -2.31. The number of hydrogen-bond donors (Lipinski definition) is 2. The third-order valence-corrected chi connectivity index (χ3v) is 5.14. The molecule has 3 aromatic heterocycles. The fourth-order valence-corrected chi connectivity index (χ4v) is 3.48. The first-order valence-corrected chi connectivity index (χ1v) is 8.93. The second-order valence-electron chi connectivity index (χ2n) is 4.09. The van der Waals surface area contributed by atoms with Crippen molar-refractivity contribution in [2.45, 2.75) is 5.16 Å². The van der Waals surface area contributed by atoms with Crippen LogP contribution < -0.4 is 5.32 Å². The predicted molar refractivity (Wildman–Crippen MR) is 87.2 cm³/mol. The Bertz CT molecular complexity index is 765. The van der Waals surface area contributed by atoms with Crippen LogP contribution in [0.15, 0.2) is 40.2 Å². The molecule has 3 rings (SSSR count). The second-order valence-corrected chi connectivity index (χ2v) is 6.93. The number of aromatic amines is 1. The van der Waals surface area contributed by atoms with Gasteiger partial charge < -0.3 is 0 Å². The highest BCUT2D eigenvalue weighted by Crippen LogP contribution is 2.23. The van der Waals surface area contributed by atoms with Crippen LogP contribution in [0.3, 0.4) is 0 Å². The fraction of sp³-hybridized carbons (Fsp3) is 0.0769. The molecule has 112 valence electrons. The van der Waals surface area contributed by atoms with E-state index in [-0.39, 0.29) is 17.6 Å². The first-order chi connectivity index (χ1) is 10.7. The molecule has 0 saturated carbocycles. The van der Waals surface area contributed by atoms with Gasteiger partial charge in [0.2, 0.25) is 11.1 Å². The van der Waals surface area contributed by atoms with Crippen molar-refractivity contribution in [3.8, 4) is 10.7 Å². The van der Waals surface area contributed by atoms with Gasteiger partial charge in [-0.1, -0.05) is 23.9 Å². The van der Waals surface area contributed by atoms with Crippen LogP contribution in [-0.4, -0.2) is 32.7 Å². The highest BCUT2D eigenvalue weighted by molar-refractivity contribution is 7.99. The number of H-pyrrole nitrogens is 1. The van der Waals surface area contributed by atoms with E-state index in [1.807, 2.05) is 17.5 Å². The summed E-state index contributed by atoms with van der Waals surface area (Å²) < 4.78 is 0. The van der Waals surface area contributed by atoms with Crippen LogP contribution >= 0.6 is 34.4 Å². The number of nitrogens with zero attached hydrogens (tertiary/aromatic N) is 2. The van der Waals surface area contributed by atoms with Gasteiger partial charge in [0.25, 0.3) is 5.91 Å². The van der Waals surface area contributed by atoms with Crippen molar-refractivity contribution in [3.05, 3.63) is 39.9 Å². The molecule has 0 unspecified atom stereocenters. The van der Waals surface area contributed by atoms with Crippen LogP contribution in [-0.2, 0) is 4.79 Å². The average Bonchev–Trinajstić information content (AvgIpc) is 3.25. The maximum absolute atomic E-state index is 11.7. The van der Waals surface area contributed by atoms with Crippen LogP contribution in [0.4, 0.5) is 0 Å². The van der Waals surface area contributed by atoms with E-state index in [0.717, 1.165) is 4.88 Å². The lowest BCUT2D eigenvalue weighted by molar-refractivity contribution is -0.117. The van der Waals surface area contributed by atoms with Crippen molar-refractivity contribution in [1.82, 2.24) is 20.5 Å². The maximum Gasteiger partial charge on any atom is 0.267 e. The molecule has 0 spiro atoms. The lowest BCUT2D eigenvalue weighted by atomic mass is 10.4. The van der Waals surface area contributed by atoms with Crippen LogP contribution in [0.25, 0.3) is 10.7 Å². The first-order valence-electron chi connectivity index (χ1n) is 6.19. The molecule has 0 atom stereocenters. The molecule has 0 aliphatic heterocycles. The molecule has 9 heteroatoms. The van der Waals surface area contributed by atoms with E-state index in [2.05, 4.69) is 20.5 Å². The Balaban J connectivity index is 1.52. The number of carbonyl (C=O) groups excluding carboxylic acids is 2. The van der Waals surface area contributed by atoms with Crippen molar-refractivity contribution in [3.63, 3.8) is 0 Å². The Morgan fingerprint density at radius 3 is 2.77 bits per heavy atom. The molecule has 0 aliphatic carbocycles. The number of aromatic nitrogens is 3. The number of amides is 2. The zero-order chi connectivity index (χ0) is 15.4. The molecule has 0 bridgehead atoms. The molecule has 3 aromatic rings. The number of hydrogen-bond acceptors (Lipinski definition) is 7. The van der Waals surface area contributed by atoms with Crippen LogP contribution in [0.5, 0.6) is 0 Å². The van der Waals surface area contributed by atoms with Gasteiger partial charge in [0, 0.05) is 0 Å². The van der Waals surface area contributed by atoms with E-state index in [1.165, 1.54) is 23.1 Å². The normalized spacial score (nSPS) is 10.5. The van der Waals surface area contributed by atoms with Gasteiger partial charge in [-0.2, -0.15) is 0 Å². The number of imide groups is 1. The van der Waals surface area contributed by atoms with E-state index in [1.54, 1.807) is 28.8 Å². The van der Waals surface area contributed by atoms with Crippen molar-refractivity contribution in [2.75, 3.05) is 5.75 Å². The van der Waals surface area contributed by atoms with Gasteiger partial charge in [0.1, 0.15) is 0 Å². The van der Waals surface area contributed by atoms with E-state index in [0.29, 0.717) is 15.9 Å². The van der Waals surface area contributed by atoms with Crippen LogP contribution in [0.1, 0.15) is 9.67 Å². The summed E-state index contributed by atoms with van der Waals surface area (Å²) in [5.74, 6) is 0.00655. The summed E-state index contributed by atoms with van der Waals surface area (Å²) in [7, 11) is 0. The number of carbonyl (C=O) groups is 2. The predicted octanol–water partition coefficient (Wildman–Crippen LogP) is 2.64. The molecule has 22 heavy (non-hydrogen) atoms. The smallest absolute Gasteiger partial charge is 0.267 e. The quantitative estimate of drug-likeness (QED) is 0.691. The zero-order valence-corrected chi connectivity index (χ0v) is 13.6. The van der Waals surface area contributed by atoms with Gasteiger partial charge in [-0.05, 0) is 22.9 Å². The minimum absolute atomic E-state index is 0.0822. The summed E-state index contributed by atoms with van der Waals surface area (Å²) in [6.45, 7) is 0. The fourth-order valence-electron chi connectivity index (χ4n) is 1.60. The Hall–Kier alpha value is -1.97. The van der Waals surface area contributed by atoms with Gasteiger partial charge in [0.15, 0.2) is 5.82 Å². The summed E-state index contributed by atoms with van der Waals surface area (Å²) in [6.07, 6.45) is 0. The zero-order valence-electron chi connectivity index (χ0n) is 11.1. The van der Waals surface area contributed by atoms with E-state index < -0.39 is 0 Å². The van der Waals surface area contributed by atoms with E-state index >= 15 is 0 Å². The Kier molecular flexibility index (Phi) is 4.66. The standard InChI is InChI=1S/C13H10N4O2S3/c18-10(14-12(19)9-4-2-6-21-9)7-22-13-15-11(16-17-13)8-3-1-5-20-8/h1-6H,7H2,(H,14,18,19)(H,15,16,17). The second kappa shape index (κ2) is 6.86. The molecule has 2 amide bonds. The van der Waals surface area contributed by atoms with Crippen LogP contribution in [0, 0.1) is 0 Å². The number of thioether (sulfide) groups is 1. The largest absolute Gasteiger partial charge is 0.291 e. The third-order valence-electron chi connectivity index (χ3n) is 2.55. The Morgan fingerprint density at radius 1 is 1.23 bits per heavy atom. The highest BCUT2D eigenvalue weighted by atomic mass is 32.2. The van der Waals surface area contributed by atoms with Gasteiger partial charge >= 0.3 is 0 Å². The summed E-state index contributed by atoms with van der Waals surface area (Å²) in [4.78, 5) is 29.3. The number of thiophene rings is 2. The minimum Gasteiger partial charge on any atom is -0.291 e. The molecule has 2 N–H and O–H groups in total. The SMILES string of the molecule is O=C(CSc1n[nH]c(-c2cccs2)n1)NC(=O)c1cccs1. The minimum atomic E-state index is -0.380. The Morgan fingerprint density at radius 2 is 2.05 bits per heavy atom. The van der Waals surface area contributed by atoms with Crippen LogP contribution in [0.2, 0.25) is 0 Å². The molecule has 0 saturated heterocycles. The molecule has 0 aromatic carbocycles. The lowest BCUT2D eigenvalue weighted by Gasteiger charge is -2.00. The molecule has 0 fully saturated rings. The first kappa shape index (κ1) is 14.9.